The Kier molecular flexibility index (Phi) is 6.95. The van der Waals surface area contributed by atoms with Crippen molar-refractivity contribution in [3.05, 3.63) is 81.4 Å². The van der Waals surface area contributed by atoms with Gasteiger partial charge in [0.2, 0.25) is 0 Å². The number of ether oxygens (including phenoxy) is 1. The summed E-state index contributed by atoms with van der Waals surface area (Å²) >= 11 is 6.21. The molecule has 0 amide bonds. The Hall–Kier alpha value is -3.22. The van der Waals surface area contributed by atoms with E-state index in [0.717, 1.165) is 44.8 Å². The van der Waals surface area contributed by atoms with Gasteiger partial charge in [0, 0.05) is 38.6 Å². The number of carbonyl (C=O) groups is 1. The highest BCUT2D eigenvalue weighted by atomic mass is 35.5. The first kappa shape index (κ1) is 25.9. The van der Waals surface area contributed by atoms with E-state index in [4.69, 9.17) is 21.3 Å². The minimum absolute atomic E-state index is 0.557. The number of hydrogen-bond donors (Lipinski definition) is 1. The van der Waals surface area contributed by atoms with Gasteiger partial charge in [-0.05, 0) is 83.9 Å². The second-order valence-corrected chi connectivity index (χ2v) is 10.6. The molecule has 3 heterocycles. The van der Waals surface area contributed by atoms with Crippen LogP contribution in [0.2, 0.25) is 5.02 Å². The number of rotatable bonds is 6. The number of aromatic nitrogens is 3. The van der Waals surface area contributed by atoms with Crippen LogP contribution in [0.3, 0.4) is 0 Å². The average molecular weight is 506 g/mol. The Morgan fingerprint density at radius 1 is 1.06 bits per heavy atom. The molecule has 0 aliphatic heterocycles. The van der Waals surface area contributed by atoms with Gasteiger partial charge < -0.3 is 14.4 Å². The number of halogens is 1. The molecule has 0 aliphatic carbocycles. The fraction of sp³-hybridized carbons (Fsp3) is 0.345. The fourth-order valence-corrected chi connectivity index (χ4v) is 4.79. The van der Waals surface area contributed by atoms with Crippen molar-refractivity contribution in [2.45, 2.75) is 66.7 Å². The van der Waals surface area contributed by atoms with E-state index in [2.05, 4.69) is 23.4 Å². The lowest BCUT2D eigenvalue weighted by atomic mass is 9.91. The molecule has 0 bridgehead atoms. The zero-order chi connectivity index (χ0) is 26.4. The van der Waals surface area contributed by atoms with Crippen LogP contribution >= 0.6 is 11.6 Å². The molecule has 1 aromatic carbocycles. The molecular formula is C29H32ClN3O3. The number of fused-ring (bicyclic) bond motifs is 1. The summed E-state index contributed by atoms with van der Waals surface area (Å²) in [6.07, 6.45) is -1.19. The van der Waals surface area contributed by atoms with E-state index in [-0.39, 0.29) is 0 Å². The van der Waals surface area contributed by atoms with Gasteiger partial charge >= 0.3 is 5.97 Å². The molecule has 0 aliphatic rings. The van der Waals surface area contributed by atoms with Gasteiger partial charge in [0.05, 0.1) is 17.8 Å². The van der Waals surface area contributed by atoms with Crippen molar-refractivity contribution in [2.75, 3.05) is 0 Å². The first-order chi connectivity index (χ1) is 16.9. The third kappa shape index (κ3) is 5.01. The van der Waals surface area contributed by atoms with Crippen LogP contribution in [-0.4, -0.2) is 31.2 Å². The van der Waals surface area contributed by atoms with E-state index >= 15 is 0 Å². The summed E-state index contributed by atoms with van der Waals surface area (Å²) in [6, 6.07) is 13.5. The number of carboxylic acids is 1. The van der Waals surface area contributed by atoms with Crippen molar-refractivity contribution in [1.82, 2.24) is 14.5 Å². The Labute approximate surface area is 216 Å². The topological polar surface area (TPSA) is 77.2 Å². The SMILES string of the molecule is Cc1cccc(Cn2c(C)c(C)c3c(-c4ccc(Cl)cc4)c(C(OC(C)(C)C)C(=O)O)c(C)nc32)n1. The summed E-state index contributed by atoms with van der Waals surface area (Å²) in [7, 11) is 0. The van der Waals surface area contributed by atoms with Crippen molar-refractivity contribution in [1.29, 1.82) is 0 Å². The maximum atomic E-state index is 12.5. The smallest absolute Gasteiger partial charge is 0.337 e. The van der Waals surface area contributed by atoms with Crippen molar-refractivity contribution in [3.63, 3.8) is 0 Å². The highest BCUT2D eigenvalue weighted by Crippen LogP contribution is 2.42. The third-order valence-electron chi connectivity index (χ3n) is 6.34. The molecule has 1 atom stereocenters. The highest BCUT2D eigenvalue weighted by Gasteiger charge is 2.33. The first-order valence-electron chi connectivity index (χ1n) is 12.0. The van der Waals surface area contributed by atoms with Crippen molar-refractivity contribution in [3.8, 4) is 11.1 Å². The third-order valence-corrected chi connectivity index (χ3v) is 6.59. The molecule has 0 saturated heterocycles. The van der Waals surface area contributed by atoms with Gasteiger partial charge in [-0.3, -0.25) is 4.98 Å². The Bertz CT molecular complexity index is 1450. The van der Waals surface area contributed by atoms with Crippen LogP contribution in [0.15, 0.2) is 42.5 Å². The van der Waals surface area contributed by atoms with E-state index in [1.54, 1.807) is 0 Å². The molecule has 4 aromatic rings. The number of benzene rings is 1. The Morgan fingerprint density at radius 2 is 1.72 bits per heavy atom. The number of carboxylic acid groups (broad SMARTS) is 1. The van der Waals surface area contributed by atoms with E-state index in [1.807, 2.05) is 77.1 Å². The predicted octanol–water partition coefficient (Wildman–Crippen LogP) is 6.97. The molecule has 7 heteroatoms. The molecular weight excluding hydrogens is 474 g/mol. The molecule has 4 rings (SSSR count). The van der Waals surface area contributed by atoms with Gasteiger partial charge in [-0.25, -0.2) is 9.78 Å². The lowest BCUT2D eigenvalue weighted by Crippen LogP contribution is -2.28. The largest absolute Gasteiger partial charge is 0.479 e. The van der Waals surface area contributed by atoms with Crippen LogP contribution in [0.25, 0.3) is 22.2 Å². The predicted molar refractivity (Wildman–Crippen MR) is 144 cm³/mol. The molecule has 0 radical (unpaired) electrons. The van der Waals surface area contributed by atoms with E-state index in [1.165, 1.54) is 0 Å². The summed E-state index contributed by atoms with van der Waals surface area (Å²) in [5, 5.41) is 11.8. The average Bonchev–Trinajstić information content (AvgIpc) is 3.01. The second kappa shape index (κ2) is 9.68. The molecule has 36 heavy (non-hydrogen) atoms. The zero-order valence-electron chi connectivity index (χ0n) is 21.8. The minimum Gasteiger partial charge on any atom is -0.479 e. The molecule has 6 nitrogen and oxygen atoms in total. The van der Waals surface area contributed by atoms with E-state index < -0.39 is 17.7 Å². The van der Waals surface area contributed by atoms with Crippen molar-refractivity contribution in [2.24, 2.45) is 0 Å². The second-order valence-electron chi connectivity index (χ2n) is 10.2. The van der Waals surface area contributed by atoms with Gasteiger partial charge in [-0.15, -0.1) is 0 Å². The van der Waals surface area contributed by atoms with E-state index in [0.29, 0.717) is 22.8 Å². The van der Waals surface area contributed by atoms with Crippen LogP contribution in [0, 0.1) is 27.7 Å². The molecule has 3 aromatic heterocycles. The Balaban J connectivity index is 2.07. The zero-order valence-corrected chi connectivity index (χ0v) is 22.6. The van der Waals surface area contributed by atoms with Gasteiger partial charge in [0.15, 0.2) is 6.10 Å². The van der Waals surface area contributed by atoms with Gasteiger partial charge in [-0.1, -0.05) is 29.8 Å². The maximum absolute atomic E-state index is 12.5. The lowest BCUT2D eigenvalue weighted by Gasteiger charge is -2.28. The lowest BCUT2D eigenvalue weighted by molar-refractivity contribution is -0.160. The van der Waals surface area contributed by atoms with Crippen LogP contribution < -0.4 is 0 Å². The highest BCUT2D eigenvalue weighted by molar-refractivity contribution is 6.30. The summed E-state index contributed by atoms with van der Waals surface area (Å²) in [4.78, 5) is 22.2. The molecule has 188 valence electrons. The van der Waals surface area contributed by atoms with Crippen LogP contribution in [0.4, 0.5) is 0 Å². The number of aliphatic carboxylic acids is 1. The van der Waals surface area contributed by atoms with Crippen LogP contribution in [0.5, 0.6) is 0 Å². The standard InChI is InChI=1S/C29H32ClN3O3/c1-16-9-8-10-22(31-16)15-33-19(4)17(2)23-25(20-11-13-21(30)14-12-20)24(18(3)32-27(23)33)26(28(34)35)36-29(5,6)7/h8-14,26H,15H2,1-7H3,(H,34,35). The van der Waals surface area contributed by atoms with Crippen LogP contribution in [0.1, 0.15) is 60.8 Å². The van der Waals surface area contributed by atoms with Gasteiger partial charge in [0.25, 0.3) is 0 Å². The number of pyridine rings is 2. The number of hydrogen-bond acceptors (Lipinski definition) is 4. The molecule has 0 spiro atoms. The normalized spacial score (nSPS) is 12.8. The van der Waals surface area contributed by atoms with Crippen molar-refractivity contribution < 1.29 is 14.6 Å². The van der Waals surface area contributed by atoms with E-state index in [9.17, 15) is 9.90 Å². The summed E-state index contributed by atoms with van der Waals surface area (Å²) < 4.78 is 8.26. The number of nitrogens with zero attached hydrogens (tertiary/aromatic N) is 3. The summed E-state index contributed by atoms with van der Waals surface area (Å²) in [5.74, 6) is -1.05. The minimum atomic E-state index is -1.19. The molecule has 1 N–H and O–H groups in total. The fourth-order valence-electron chi connectivity index (χ4n) is 4.66. The summed E-state index contributed by atoms with van der Waals surface area (Å²) in [6.45, 7) is 14.1. The van der Waals surface area contributed by atoms with Gasteiger partial charge in [-0.2, -0.15) is 0 Å². The summed E-state index contributed by atoms with van der Waals surface area (Å²) in [5.41, 5.74) is 6.94. The monoisotopic (exact) mass is 505 g/mol. The molecule has 0 saturated carbocycles. The number of aryl methyl sites for hydroxylation is 3. The molecule has 0 fully saturated rings. The van der Waals surface area contributed by atoms with Gasteiger partial charge in [0.1, 0.15) is 5.65 Å². The molecule has 1 unspecified atom stereocenters. The quantitative estimate of drug-likeness (QED) is 0.306. The van der Waals surface area contributed by atoms with Crippen molar-refractivity contribution >= 4 is 28.6 Å². The maximum Gasteiger partial charge on any atom is 0.337 e. The van der Waals surface area contributed by atoms with Crippen LogP contribution in [-0.2, 0) is 16.1 Å². The Morgan fingerprint density at radius 3 is 2.31 bits per heavy atom. The first-order valence-corrected chi connectivity index (χ1v) is 12.3.